The molecule has 1 unspecified atom stereocenters. The summed E-state index contributed by atoms with van der Waals surface area (Å²) < 4.78 is 21.1. The van der Waals surface area contributed by atoms with Gasteiger partial charge in [-0.1, -0.05) is 0 Å². The van der Waals surface area contributed by atoms with E-state index in [1.165, 1.54) is 0 Å². The molecule has 0 saturated carbocycles. The van der Waals surface area contributed by atoms with Crippen LogP contribution in [-0.2, 0) is 10.0 Å². The van der Waals surface area contributed by atoms with Crippen LogP contribution in [0.25, 0.3) is 0 Å². The standard InChI is InChI=1S/C5H12N2O2S.ClH.H2O/c6-10(8,9)4-5-1-2-7-3-5;;/h5,7H,1-4H2,(H2,6,8,9);1H;1H2. The van der Waals surface area contributed by atoms with Crippen LogP contribution in [0.1, 0.15) is 6.42 Å². The third-order valence-corrected chi connectivity index (χ3v) is 2.57. The van der Waals surface area contributed by atoms with E-state index in [-0.39, 0.29) is 29.6 Å². The zero-order chi connectivity index (χ0) is 7.61. The zero-order valence-electron chi connectivity index (χ0n) is 6.62. The van der Waals surface area contributed by atoms with Crippen molar-refractivity contribution in [3.05, 3.63) is 0 Å². The van der Waals surface area contributed by atoms with Crippen molar-refractivity contribution in [2.24, 2.45) is 11.1 Å². The molecule has 76 valence electrons. The Morgan fingerprint density at radius 3 is 2.42 bits per heavy atom. The molecule has 7 heteroatoms. The molecule has 5 nitrogen and oxygen atoms in total. The minimum atomic E-state index is -3.25. The topological polar surface area (TPSA) is 104 Å². The van der Waals surface area contributed by atoms with Crippen LogP contribution >= 0.6 is 12.4 Å². The first kappa shape index (κ1) is 14.6. The van der Waals surface area contributed by atoms with Crippen molar-refractivity contribution in [2.45, 2.75) is 6.42 Å². The molecular weight excluding hydrogens is 204 g/mol. The molecule has 1 rings (SSSR count). The molecule has 0 spiro atoms. The first-order valence-corrected chi connectivity index (χ1v) is 5.00. The lowest BCUT2D eigenvalue weighted by atomic mass is 10.2. The van der Waals surface area contributed by atoms with Crippen LogP contribution in [0.5, 0.6) is 0 Å². The Hall–Kier alpha value is 0.120. The number of rotatable bonds is 2. The van der Waals surface area contributed by atoms with Gasteiger partial charge in [-0.15, -0.1) is 12.4 Å². The third-order valence-electron chi connectivity index (χ3n) is 1.63. The molecule has 1 fully saturated rings. The summed E-state index contributed by atoms with van der Waals surface area (Å²) >= 11 is 0. The SMILES string of the molecule is Cl.NS(=O)(=O)CC1CCNC1.O. The highest BCUT2D eigenvalue weighted by Gasteiger charge is 2.19. The van der Waals surface area contributed by atoms with Crippen LogP contribution in [0.2, 0.25) is 0 Å². The Bertz CT molecular complexity index is 201. The van der Waals surface area contributed by atoms with E-state index in [2.05, 4.69) is 5.32 Å². The molecule has 1 heterocycles. The van der Waals surface area contributed by atoms with E-state index in [0.717, 1.165) is 19.5 Å². The van der Waals surface area contributed by atoms with Gasteiger partial charge in [0, 0.05) is 0 Å². The predicted octanol–water partition coefficient (Wildman–Crippen LogP) is -1.52. The van der Waals surface area contributed by atoms with E-state index in [1.54, 1.807) is 0 Å². The Kier molecular flexibility index (Phi) is 6.97. The summed E-state index contributed by atoms with van der Waals surface area (Å²) in [5, 5.41) is 7.93. The number of nitrogens with one attached hydrogen (secondary N) is 1. The molecule has 0 bridgehead atoms. The van der Waals surface area contributed by atoms with Gasteiger partial charge in [0.05, 0.1) is 5.75 Å². The molecule has 1 aliphatic heterocycles. The maximum atomic E-state index is 10.5. The van der Waals surface area contributed by atoms with Crippen molar-refractivity contribution < 1.29 is 13.9 Å². The van der Waals surface area contributed by atoms with Gasteiger partial charge in [0.1, 0.15) is 0 Å². The Morgan fingerprint density at radius 2 is 2.08 bits per heavy atom. The Balaban J connectivity index is 0. The van der Waals surface area contributed by atoms with Gasteiger partial charge >= 0.3 is 0 Å². The van der Waals surface area contributed by atoms with Gasteiger partial charge < -0.3 is 10.8 Å². The molecular formula is C5H15ClN2O3S. The van der Waals surface area contributed by atoms with Crippen LogP contribution in [0.15, 0.2) is 0 Å². The smallest absolute Gasteiger partial charge is 0.209 e. The molecule has 0 radical (unpaired) electrons. The van der Waals surface area contributed by atoms with Crippen molar-refractivity contribution in [1.29, 1.82) is 0 Å². The summed E-state index contributed by atoms with van der Waals surface area (Å²) in [6.45, 7) is 1.70. The summed E-state index contributed by atoms with van der Waals surface area (Å²) in [6.07, 6.45) is 0.927. The second-order valence-electron chi connectivity index (χ2n) is 2.69. The molecule has 1 atom stereocenters. The van der Waals surface area contributed by atoms with E-state index in [1.807, 2.05) is 0 Å². The van der Waals surface area contributed by atoms with Gasteiger partial charge in [0.25, 0.3) is 0 Å². The van der Waals surface area contributed by atoms with Crippen LogP contribution in [0.4, 0.5) is 0 Å². The number of sulfonamides is 1. The highest BCUT2D eigenvalue weighted by Crippen LogP contribution is 2.08. The van der Waals surface area contributed by atoms with Crippen LogP contribution in [-0.4, -0.2) is 32.7 Å². The molecule has 12 heavy (non-hydrogen) atoms. The molecule has 1 aliphatic rings. The molecule has 0 aromatic carbocycles. The highest BCUT2D eigenvalue weighted by molar-refractivity contribution is 7.89. The normalized spacial score (nSPS) is 22.6. The van der Waals surface area contributed by atoms with E-state index < -0.39 is 10.0 Å². The van der Waals surface area contributed by atoms with Crippen LogP contribution < -0.4 is 10.5 Å². The summed E-state index contributed by atoms with van der Waals surface area (Å²) in [5.41, 5.74) is 0. The minimum absolute atomic E-state index is 0. The molecule has 0 aromatic rings. The summed E-state index contributed by atoms with van der Waals surface area (Å²) in [5.74, 6) is 0.356. The average molecular weight is 219 g/mol. The van der Waals surface area contributed by atoms with E-state index in [4.69, 9.17) is 5.14 Å². The van der Waals surface area contributed by atoms with Gasteiger partial charge in [-0.05, 0) is 25.4 Å². The first-order chi connectivity index (χ1) is 4.58. The summed E-state index contributed by atoms with van der Waals surface area (Å²) in [7, 11) is -3.25. The van der Waals surface area contributed by atoms with Gasteiger partial charge in [0.2, 0.25) is 10.0 Å². The van der Waals surface area contributed by atoms with E-state index >= 15 is 0 Å². The van der Waals surface area contributed by atoms with Crippen LogP contribution in [0, 0.1) is 5.92 Å². The maximum Gasteiger partial charge on any atom is 0.209 e. The summed E-state index contributed by atoms with van der Waals surface area (Å²) in [6, 6.07) is 0. The number of hydrogen-bond acceptors (Lipinski definition) is 3. The number of hydrogen-bond donors (Lipinski definition) is 2. The van der Waals surface area contributed by atoms with Crippen molar-refractivity contribution in [1.82, 2.24) is 5.32 Å². The molecule has 0 amide bonds. The quantitative estimate of drug-likeness (QED) is 0.588. The summed E-state index contributed by atoms with van der Waals surface area (Å²) in [4.78, 5) is 0. The van der Waals surface area contributed by atoms with Gasteiger partial charge in [0.15, 0.2) is 0 Å². The molecule has 0 aliphatic carbocycles. The third kappa shape index (κ3) is 5.73. The lowest BCUT2D eigenvalue weighted by molar-refractivity contribution is 0.572. The first-order valence-electron chi connectivity index (χ1n) is 3.29. The lowest BCUT2D eigenvalue weighted by Crippen LogP contribution is -2.24. The fourth-order valence-corrected chi connectivity index (χ4v) is 2.13. The van der Waals surface area contributed by atoms with Crippen molar-refractivity contribution in [2.75, 3.05) is 18.8 Å². The average Bonchev–Trinajstić information content (AvgIpc) is 2.12. The Labute approximate surface area is 78.5 Å². The molecule has 1 saturated heterocycles. The minimum Gasteiger partial charge on any atom is -0.412 e. The molecule has 0 aromatic heterocycles. The van der Waals surface area contributed by atoms with Gasteiger partial charge in [-0.25, -0.2) is 13.6 Å². The molecule has 5 N–H and O–H groups in total. The van der Waals surface area contributed by atoms with E-state index in [9.17, 15) is 8.42 Å². The predicted molar refractivity (Wildman–Crippen MR) is 49.8 cm³/mol. The zero-order valence-corrected chi connectivity index (χ0v) is 8.25. The lowest BCUT2D eigenvalue weighted by Gasteiger charge is -2.03. The van der Waals surface area contributed by atoms with E-state index in [0.29, 0.717) is 0 Å². The second kappa shape index (κ2) is 5.71. The number of nitrogens with two attached hydrogens (primary N) is 1. The van der Waals surface area contributed by atoms with Crippen molar-refractivity contribution in [3.8, 4) is 0 Å². The largest absolute Gasteiger partial charge is 0.412 e. The fraction of sp³-hybridized carbons (Fsp3) is 1.00. The number of primary sulfonamides is 1. The van der Waals surface area contributed by atoms with Gasteiger partial charge in [-0.3, -0.25) is 0 Å². The second-order valence-corrected chi connectivity index (χ2v) is 4.35. The van der Waals surface area contributed by atoms with Gasteiger partial charge in [-0.2, -0.15) is 0 Å². The highest BCUT2D eigenvalue weighted by atomic mass is 35.5. The fourth-order valence-electron chi connectivity index (χ4n) is 1.19. The number of halogens is 1. The monoisotopic (exact) mass is 218 g/mol. The maximum absolute atomic E-state index is 10.5. The van der Waals surface area contributed by atoms with Crippen molar-refractivity contribution in [3.63, 3.8) is 0 Å². The Morgan fingerprint density at radius 1 is 1.50 bits per heavy atom. The van der Waals surface area contributed by atoms with Crippen LogP contribution in [0.3, 0.4) is 0 Å². The van der Waals surface area contributed by atoms with Crippen molar-refractivity contribution >= 4 is 22.4 Å².